The zero-order valence-electron chi connectivity index (χ0n) is 65.6. The van der Waals surface area contributed by atoms with Crippen LogP contribution < -0.4 is 57.2 Å². The molecular formula is C84H24Br24N9O18P3. The van der Waals surface area contributed by atoms with Gasteiger partial charge in [0, 0.05) is 117 Å². The molecule has 0 fully saturated rings. The van der Waals surface area contributed by atoms with Gasteiger partial charge in [0.1, 0.15) is 34.5 Å². The van der Waals surface area contributed by atoms with Crippen LogP contribution in [0.15, 0.2) is 257 Å². The van der Waals surface area contributed by atoms with Crippen LogP contribution >= 0.6 is 407 Å². The van der Waals surface area contributed by atoms with E-state index in [0.717, 1.165) is 38.6 Å². The number of amides is 12. The Morgan fingerprint density at radius 1 is 0.196 bits per heavy atom. The Morgan fingerprint density at radius 3 is 0.543 bits per heavy atom. The van der Waals surface area contributed by atoms with Gasteiger partial charge in [0.15, 0.2) is 0 Å². The molecule has 12 aromatic rings. The molecule has 2 atom stereocenters. The molecule has 19 rings (SSSR count). The first-order valence-electron chi connectivity index (χ1n) is 37.5. The lowest BCUT2D eigenvalue weighted by atomic mass is 10.1. The molecule has 12 aromatic carbocycles. The van der Waals surface area contributed by atoms with Crippen LogP contribution in [0.3, 0.4) is 0 Å². The van der Waals surface area contributed by atoms with Crippen LogP contribution in [0.25, 0.3) is 0 Å². The van der Waals surface area contributed by atoms with Crippen molar-refractivity contribution in [2.24, 2.45) is 4.52 Å². The lowest BCUT2D eigenvalue weighted by molar-refractivity contribution is 0.0546. The molecule has 0 radical (unpaired) electrons. The molecule has 696 valence electrons. The molecule has 27 nitrogen and oxygen atoms in total. The van der Waals surface area contributed by atoms with Crippen LogP contribution in [0.4, 0.5) is 34.1 Å². The maximum absolute atomic E-state index is 14.8. The normalized spacial score (nSPS) is 16.6. The molecule has 0 N–H and O–H groups in total. The smallest absolute Gasteiger partial charge is 0.440 e. The number of hydrogen-bond donors (Lipinski definition) is 0. The molecule has 7 aliphatic heterocycles. The van der Waals surface area contributed by atoms with Gasteiger partial charge in [-0.25, -0.2) is 29.4 Å². The van der Waals surface area contributed by atoms with Crippen molar-refractivity contribution in [3.8, 4) is 34.5 Å². The topological polar surface area (TPSA) is 298 Å². The molecule has 138 heavy (non-hydrogen) atoms. The van der Waals surface area contributed by atoms with Crippen molar-refractivity contribution in [1.29, 1.82) is 0 Å². The van der Waals surface area contributed by atoms with Gasteiger partial charge in [-0.2, -0.15) is 0 Å². The van der Waals surface area contributed by atoms with Crippen molar-refractivity contribution in [1.82, 2.24) is 9.21 Å². The minimum absolute atomic E-state index is 0.0174. The molecule has 0 spiro atoms. The lowest BCUT2D eigenvalue weighted by Crippen LogP contribution is -2.37. The summed E-state index contributed by atoms with van der Waals surface area (Å²) >= 11 is 84.4. The van der Waals surface area contributed by atoms with E-state index in [9.17, 15) is 57.5 Å². The third-order valence-electron chi connectivity index (χ3n) is 21.2. The molecule has 54 heteroatoms. The summed E-state index contributed by atoms with van der Waals surface area (Å²) in [5, 5.41) is 0. The minimum Gasteiger partial charge on any atom is -0.440 e. The fraction of sp³-hybridized carbons (Fsp3) is 0. The molecule has 0 aliphatic carbocycles. The standard InChI is InChI=1S/C84H24Br24N9O18P3/c85-49-37-38(50(86)62(98)61(49)97)74(119)110(73(37)118)25-1-13-31(14-2-25)130-116-136(132-33-17-5-27(6-18-33)112-77(122)41-42(78(112)123)54(90)66(102)65(101)53(41)89)109-138(134-35-21-9-29(10-22-35)114-81(126)45-46(82(114)127)58(94)70(106)69(105)57(45)93,135-36-23-11-30(12-24-36)115-83(128)47-48(84(115)129)60(96)72(108)71(107)59(47)95)117(131-32-15-3-26(4-16-32)111-75(120)39-40(76(111)121)52(88)64(100)63(99)51(39)87)137(116)133-34-19-7-28(8-20-34)113-79(124)43-44(80(113)125)56(92)68(104)67(103)55(43)91/h1-24H. The summed E-state index contributed by atoms with van der Waals surface area (Å²) in [4.78, 5) is 198. The van der Waals surface area contributed by atoms with Crippen molar-refractivity contribution < 1.29 is 85.3 Å². The fourth-order valence-electron chi connectivity index (χ4n) is 14.9. The van der Waals surface area contributed by atoms with E-state index in [0.29, 0.717) is 53.7 Å². The second kappa shape index (κ2) is 39.7. The highest BCUT2D eigenvalue weighted by molar-refractivity contribution is 9.18. The zero-order chi connectivity index (χ0) is 98.8. The Morgan fingerprint density at radius 2 is 0.355 bits per heavy atom. The molecule has 7 aliphatic rings. The first kappa shape index (κ1) is 103. The van der Waals surface area contributed by atoms with Crippen LogP contribution in [0.2, 0.25) is 0 Å². The number of carbonyl (C=O) groups excluding carboxylic acids is 12. The number of imide groups is 6. The van der Waals surface area contributed by atoms with Crippen molar-refractivity contribution >= 4 is 512 Å². The van der Waals surface area contributed by atoms with E-state index in [1.54, 1.807) is 0 Å². The minimum atomic E-state index is -5.17. The molecular weight excluding hydrogens is 3430 g/mol. The summed E-state index contributed by atoms with van der Waals surface area (Å²) in [7, 11) is -11.7. The van der Waals surface area contributed by atoms with E-state index in [2.05, 4.69) is 382 Å². The molecule has 0 saturated carbocycles. The van der Waals surface area contributed by atoms with Gasteiger partial charge in [-0.1, -0.05) is 0 Å². The van der Waals surface area contributed by atoms with E-state index in [1.165, 1.54) is 146 Å². The van der Waals surface area contributed by atoms with Gasteiger partial charge in [0.25, 0.3) is 70.9 Å². The van der Waals surface area contributed by atoms with Crippen LogP contribution in [0.5, 0.6) is 34.5 Å². The summed E-state index contributed by atoms with van der Waals surface area (Å²) in [6, 6.07) is 33.7. The third kappa shape index (κ3) is 16.9. The highest BCUT2D eigenvalue weighted by atomic mass is 79.9. The predicted molar refractivity (Wildman–Crippen MR) is 600 cm³/mol. The molecule has 2 unspecified atom stereocenters. The monoisotopic (exact) mass is 3430 g/mol. The van der Waals surface area contributed by atoms with Crippen molar-refractivity contribution in [3.63, 3.8) is 0 Å². The maximum atomic E-state index is 14.8. The largest absolute Gasteiger partial charge is 0.447 e. The SMILES string of the molecule is O=C1c2c(Br)c(Br)c(Br)c(Br)c2C(=O)N1c1ccc(ON2P(Oc3ccc(N4C(=O)c5c(Br)c(Br)c(Br)c(Br)c5C4=O)cc3)N=P(Oc3ccc(N4C(=O)c5c(Br)c(Br)c(Br)c(Br)c5C4=O)cc3)(Oc3ccc(N4C(=O)c5c(Br)c(Br)c(Br)c(Br)c5C4=O)cc3)N(Oc3ccc(N4C(=O)c5c(Br)c(Br)c(Br)c(Br)c5C4=O)cc3)P2Oc2ccc(N3C(=O)c4c(Br)c(Br)c(Br)c(Br)c4C3=O)cc2)cc1. The van der Waals surface area contributed by atoms with Gasteiger partial charge >= 0.3 is 24.6 Å². The molecule has 0 bridgehead atoms. The quantitative estimate of drug-likeness (QED) is 0.0333. The van der Waals surface area contributed by atoms with E-state index in [1.807, 2.05) is 0 Å². The summed E-state index contributed by atoms with van der Waals surface area (Å²) in [5.41, 5.74) is 0.472. The Hall–Kier alpha value is -3.19. The number of anilines is 6. The van der Waals surface area contributed by atoms with Crippen LogP contribution in [-0.4, -0.2) is 80.1 Å². The molecule has 0 aromatic heterocycles. The first-order valence-corrected chi connectivity index (χ1v) is 60.4. The first-order chi connectivity index (χ1) is 65.4. The van der Waals surface area contributed by atoms with E-state index >= 15 is 0 Å². The number of rotatable bonds is 18. The highest BCUT2D eigenvalue weighted by Gasteiger charge is 2.60. The summed E-state index contributed by atoms with van der Waals surface area (Å²) in [6.07, 6.45) is 0. The number of hydrogen-bond acceptors (Lipinski definition) is 21. The number of carbonyl (C=O) groups is 12. The van der Waals surface area contributed by atoms with Gasteiger partial charge in [-0.15, -0.1) is 4.52 Å². The Balaban J connectivity index is 0.826. The zero-order valence-corrected chi connectivity index (χ0v) is 106. The van der Waals surface area contributed by atoms with E-state index in [4.69, 9.17) is 32.3 Å². The van der Waals surface area contributed by atoms with Crippen molar-refractivity contribution in [2.75, 3.05) is 29.4 Å². The van der Waals surface area contributed by atoms with Gasteiger partial charge in [0.05, 0.1) is 101 Å². The third-order valence-corrected chi connectivity index (χ3v) is 56.7. The van der Waals surface area contributed by atoms with Gasteiger partial charge in [0.2, 0.25) is 0 Å². The average Bonchev–Trinajstić information content (AvgIpc) is 1.07. The van der Waals surface area contributed by atoms with Crippen molar-refractivity contribution in [3.05, 3.63) is 320 Å². The maximum Gasteiger partial charge on any atom is 0.447 e. The average molecular weight is 3460 g/mol. The number of nitrogens with zero attached hydrogens (tertiary/aromatic N) is 9. The van der Waals surface area contributed by atoms with Crippen LogP contribution in [-0.2, 0) is 0 Å². The molecule has 0 saturated heterocycles. The number of benzene rings is 12. The number of halogens is 24. The second-order valence-electron chi connectivity index (χ2n) is 28.8. The van der Waals surface area contributed by atoms with E-state index in [-0.39, 0.29) is 189 Å². The fourth-order valence-corrected chi connectivity index (χ4v) is 37.1. The van der Waals surface area contributed by atoms with Gasteiger partial charge < -0.3 is 27.8 Å². The van der Waals surface area contributed by atoms with Gasteiger partial charge in [-0.3, -0.25) is 57.5 Å². The van der Waals surface area contributed by atoms with Crippen LogP contribution in [0, 0.1) is 0 Å². The predicted octanol–water partition coefficient (Wildman–Crippen LogP) is 34.4. The van der Waals surface area contributed by atoms with Crippen molar-refractivity contribution in [2.45, 2.75) is 0 Å². The Labute approximate surface area is 979 Å². The number of fused-ring (bicyclic) bond motifs is 6. The second-order valence-corrected chi connectivity index (χ2v) is 53.4. The Bertz CT molecular complexity index is 7390. The lowest BCUT2D eigenvalue weighted by Gasteiger charge is -2.43. The van der Waals surface area contributed by atoms with Crippen LogP contribution in [0.1, 0.15) is 124 Å². The Kier molecular flexibility index (Phi) is 29.7. The highest BCUT2D eigenvalue weighted by Crippen LogP contribution is 2.78. The summed E-state index contributed by atoms with van der Waals surface area (Å²) in [5.74, 6) is -9.50. The molecule has 12 amide bonds. The van der Waals surface area contributed by atoms with E-state index < -0.39 is 95.4 Å². The van der Waals surface area contributed by atoms with Gasteiger partial charge in [-0.05, 0) is 528 Å². The molecule has 7 heterocycles. The summed E-state index contributed by atoms with van der Waals surface area (Å²) in [6.45, 7) is 0. The summed E-state index contributed by atoms with van der Waals surface area (Å²) < 4.78 is 45.8.